The zero-order valence-corrected chi connectivity index (χ0v) is 21.2. The third-order valence-electron chi connectivity index (χ3n) is 7.14. The number of fused-ring (bicyclic) bond motifs is 1. The molecule has 0 radical (unpaired) electrons. The fourth-order valence-corrected chi connectivity index (χ4v) is 4.93. The molecule has 0 aliphatic carbocycles. The van der Waals surface area contributed by atoms with Gasteiger partial charge < -0.3 is 24.4 Å². The molecule has 2 amide bonds. The molecule has 35 heavy (non-hydrogen) atoms. The highest BCUT2D eigenvalue weighted by Gasteiger charge is 2.37. The lowest BCUT2D eigenvalue weighted by Gasteiger charge is -2.41. The second-order valence-corrected chi connectivity index (χ2v) is 9.76. The predicted octanol–water partition coefficient (Wildman–Crippen LogP) is 3.02. The van der Waals surface area contributed by atoms with Crippen LogP contribution in [0.5, 0.6) is 17.2 Å². The van der Waals surface area contributed by atoms with E-state index < -0.39 is 5.92 Å². The SMILES string of the molecule is COc1cc(N2CC(C(=O)NCC(C)(C)N3CCc4ccccc4C3)CC2=O)cc(OC)c1OC. The first kappa shape index (κ1) is 24.9. The van der Waals surface area contributed by atoms with Gasteiger partial charge in [-0.05, 0) is 31.4 Å². The lowest BCUT2D eigenvalue weighted by Crippen LogP contribution is -2.53. The average molecular weight is 482 g/mol. The number of anilines is 1. The van der Waals surface area contributed by atoms with Crippen LogP contribution in [0.1, 0.15) is 31.4 Å². The number of nitrogens with zero attached hydrogens (tertiary/aromatic N) is 2. The van der Waals surface area contributed by atoms with Crippen LogP contribution < -0.4 is 24.4 Å². The van der Waals surface area contributed by atoms with Gasteiger partial charge in [-0.3, -0.25) is 14.5 Å². The molecule has 2 heterocycles. The third-order valence-corrected chi connectivity index (χ3v) is 7.14. The summed E-state index contributed by atoms with van der Waals surface area (Å²) in [7, 11) is 4.60. The average Bonchev–Trinajstić information content (AvgIpc) is 3.27. The molecule has 4 rings (SSSR count). The van der Waals surface area contributed by atoms with Crippen molar-refractivity contribution in [2.75, 3.05) is 45.9 Å². The van der Waals surface area contributed by atoms with Gasteiger partial charge in [0.15, 0.2) is 11.5 Å². The Morgan fingerprint density at radius 3 is 2.34 bits per heavy atom. The quantitative estimate of drug-likeness (QED) is 0.624. The number of carbonyl (C=O) groups is 2. The van der Waals surface area contributed by atoms with Crippen molar-refractivity contribution in [1.82, 2.24) is 10.2 Å². The van der Waals surface area contributed by atoms with Crippen LogP contribution in [0, 0.1) is 5.92 Å². The fraction of sp³-hybridized carbons (Fsp3) is 0.481. The highest BCUT2D eigenvalue weighted by atomic mass is 16.5. The van der Waals surface area contributed by atoms with E-state index in [9.17, 15) is 9.59 Å². The van der Waals surface area contributed by atoms with Gasteiger partial charge >= 0.3 is 0 Å². The molecule has 1 fully saturated rings. The second-order valence-electron chi connectivity index (χ2n) is 9.76. The summed E-state index contributed by atoms with van der Waals surface area (Å²) in [6.07, 6.45) is 1.18. The minimum atomic E-state index is -0.417. The molecule has 0 aromatic heterocycles. The molecule has 1 saturated heterocycles. The van der Waals surface area contributed by atoms with Crippen LogP contribution >= 0.6 is 0 Å². The highest BCUT2D eigenvalue weighted by Crippen LogP contribution is 2.42. The molecule has 2 aromatic rings. The Hall–Kier alpha value is -3.26. The summed E-state index contributed by atoms with van der Waals surface area (Å²) in [6.45, 7) is 6.96. The minimum absolute atomic E-state index is 0.0984. The lowest BCUT2D eigenvalue weighted by atomic mass is 9.94. The molecular weight excluding hydrogens is 446 g/mol. The van der Waals surface area contributed by atoms with Gasteiger partial charge in [0.25, 0.3) is 0 Å². The van der Waals surface area contributed by atoms with E-state index in [1.807, 2.05) is 0 Å². The summed E-state index contributed by atoms with van der Waals surface area (Å²) in [6, 6.07) is 12.0. The van der Waals surface area contributed by atoms with Crippen LogP contribution in [0.15, 0.2) is 36.4 Å². The van der Waals surface area contributed by atoms with Gasteiger partial charge in [-0.1, -0.05) is 24.3 Å². The van der Waals surface area contributed by atoms with Crippen LogP contribution in [0.2, 0.25) is 0 Å². The van der Waals surface area contributed by atoms with Gasteiger partial charge in [0.1, 0.15) is 0 Å². The van der Waals surface area contributed by atoms with Gasteiger partial charge in [-0.15, -0.1) is 0 Å². The number of ether oxygens (including phenoxy) is 3. The summed E-state index contributed by atoms with van der Waals surface area (Å²) < 4.78 is 16.2. The Kier molecular flexibility index (Phi) is 7.21. The molecular formula is C27H35N3O5. The monoisotopic (exact) mass is 481 g/mol. The Bertz CT molecular complexity index is 1070. The zero-order valence-electron chi connectivity index (χ0n) is 21.2. The molecule has 2 aromatic carbocycles. The van der Waals surface area contributed by atoms with Crippen molar-refractivity contribution < 1.29 is 23.8 Å². The summed E-state index contributed by atoms with van der Waals surface area (Å²) in [5.74, 6) is 0.770. The van der Waals surface area contributed by atoms with Gasteiger partial charge in [-0.2, -0.15) is 0 Å². The normalized spacial score (nSPS) is 18.3. The van der Waals surface area contributed by atoms with E-state index >= 15 is 0 Å². The van der Waals surface area contributed by atoms with E-state index in [2.05, 4.69) is 48.3 Å². The minimum Gasteiger partial charge on any atom is -0.493 e. The number of amides is 2. The van der Waals surface area contributed by atoms with Crippen LogP contribution in [-0.4, -0.2) is 63.2 Å². The standard InChI is InChI=1S/C27H35N3O5/c1-27(2,29-11-10-18-8-6-7-9-19(18)15-29)17-28-26(32)20-12-24(31)30(16-20)21-13-22(33-3)25(35-5)23(14-21)34-4/h6-9,13-14,20H,10-12,15-17H2,1-5H3,(H,28,32). The van der Waals surface area contributed by atoms with Gasteiger partial charge in [0.2, 0.25) is 17.6 Å². The van der Waals surface area contributed by atoms with E-state index in [-0.39, 0.29) is 23.8 Å². The molecule has 1 N–H and O–H groups in total. The molecule has 0 bridgehead atoms. The van der Waals surface area contributed by atoms with E-state index in [4.69, 9.17) is 14.2 Å². The van der Waals surface area contributed by atoms with Crippen molar-refractivity contribution in [1.29, 1.82) is 0 Å². The smallest absolute Gasteiger partial charge is 0.227 e. The number of hydrogen-bond donors (Lipinski definition) is 1. The van der Waals surface area contributed by atoms with E-state index in [1.54, 1.807) is 17.0 Å². The van der Waals surface area contributed by atoms with Crippen molar-refractivity contribution in [3.63, 3.8) is 0 Å². The number of benzene rings is 2. The maximum absolute atomic E-state index is 13.1. The molecule has 0 saturated carbocycles. The summed E-state index contributed by atoms with van der Waals surface area (Å²) in [5, 5.41) is 3.11. The Morgan fingerprint density at radius 1 is 1.06 bits per heavy atom. The van der Waals surface area contributed by atoms with Crippen LogP contribution in [-0.2, 0) is 22.6 Å². The number of methoxy groups -OCH3 is 3. The molecule has 1 atom stereocenters. The van der Waals surface area contributed by atoms with E-state index in [0.717, 1.165) is 19.5 Å². The number of rotatable bonds is 8. The van der Waals surface area contributed by atoms with Crippen molar-refractivity contribution >= 4 is 17.5 Å². The van der Waals surface area contributed by atoms with Crippen LogP contribution in [0.25, 0.3) is 0 Å². The third kappa shape index (κ3) is 5.07. The van der Waals surface area contributed by atoms with Crippen molar-refractivity contribution in [2.45, 2.75) is 38.8 Å². The summed E-state index contributed by atoms with van der Waals surface area (Å²) in [4.78, 5) is 29.9. The molecule has 0 spiro atoms. The summed E-state index contributed by atoms with van der Waals surface area (Å²) in [5.41, 5.74) is 3.16. The molecule has 2 aliphatic rings. The number of carbonyl (C=O) groups excluding carboxylic acids is 2. The van der Waals surface area contributed by atoms with Crippen molar-refractivity contribution in [2.24, 2.45) is 5.92 Å². The van der Waals surface area contributed by atoms with Gasteiger partial charge in [0, 0.05) is 50.3 Å². The van der Waals surface area contributed by atoms with E-state index in [0.29, 0.717) is 36.0 Å². The van der Waals surface area contributed by atoms with Crippen molar-refractivity contribution in [3.8, 4) is 17.2 Å². The first-order valence-electron chi connectivity index (χ1n) is 12.0. The van der Waals surface area contributed by atoms with Gasteiger partial charge in [-0.25, -0.2) is 0 Å². The Balaban J connectivity index is 1.40. The first-order valence-corrected chi connectivity index (χ1v) is 12.0. The molecule has 2 aliphatic heterocycles. The maximum atomic E-state index is 13.1. The predicted molar refractivity (Wildman–Crippen MR) is 134 cm³/mol. The highest BCUT2D eigenvalue weighted by molar-refractivity contribution is 6.00. The van der Waals surface area contributed by atoms with Crippen molar-refractivity contribution in [3.05, 3.63) is 47.5 Å². The topological polar surface area (TPSA) is 80.3 Å². The van der Waals surface area contributed by atoms with E-state index in [1.165, 1.54) is 32.5 Å². The Morgan fingerprint density at radius 2 is 1.71 bits per heavy atom. The maximum Gasteiger partial charge on any atom is 0.227 e. The second kappa shape index (κ2) is 10.2. The Labute approximate surface area is 207 Å². The van der Waals surface area contributed by atoms with Gasteiger partial charge in [0.05, 0.1) is 32.9 Å². The zero-order chi connectivity index (χ0) is 25.2. The first-order chi connectivity index (χ1) is 16.8. The molecule has 188 valence electrons. The van der Waals surface area contributed by atoms with Crippen LogP contribution in [0.4, 0.5) is 5.69 Å². The molecule has 1 unspecified atom stereocenters. The molecule has 8 nitrogen and oxygen atoms in total. The molecule has 8 heteroatoms. The lowest BCUT2D eigenvalue weighted by molar-refractivity contribution is -0.126. The number of hydrogen-bond acceptors (Lipinski definition) is 6. The van der Waals surface area contributed by atoms with Crippen LogP contribution in [0.3, 0.4) is 0 Å². The fourth-order valence-electron chi connectivity index (χ4n) is 4.93. The largest absolute Gasteiger partial charge is 0.493 e. The number of nitrogens with one attached hydrogen (secondary N) is 1. The summed E-state index contributed by atoms with van der Waals surface area (Å²) >= 11 is 0.